The number of nitrogens with one attached hydrogen (secondary N) is 1. The van der Waals surface area contributed by atoms with Crippen LogP contribution in [0.3, 0.4) is 0 Å². The van der Waals surface area contributed by atoms with Crippen molar-refractivity contribution in [1.29, 1.82) is 0 Å². The first kappa shape index (κ1) is 32.2. The van der Waals surface area contributed by atoms with Crippen LogP contribution in [0.25, 0.3) is 16.5 Å². The molecule has 4 aromatic heterocycles. The molecule has 3 fully saturated rings. The standard InChI is InChI=1S/C28H31FN8O2.C7H12FN/c1-13-12-39-27-21-24(22(29)23(33-27)20(14(2)17-8-9-17)19-11-32-36-15(19)3)34-28(38-5)35-26(21)37(13)16(4)18-7-6-10-31-25(18)30;8-6-4-7-2-1-3-9(7)5-6/h6-7,10-11,13,16-17H,8-9,12H2,1-5H3,(H2,30,31)(H,32,36);6-7H,1-5H2/b20-14-;/t13-,16?;/m0./s1. The summed E-state index contributed by atoms with van der Waals surface area (Å²) < 4.78 is 41.0. The molecule has 3 unspecified atom stereocenters. The van der Waals surface area contributed by atoms with Crippen molar-refractivity contribution in [2.24, 2.45) is 5.92 Å². The lowest BCUT2D eigenvalue weighted by Gasteiger charge is -2.34. The highest BCUT2D eigenvalue weighted by atomic mass is 19.1. The number of halogens is 2. The maximum atomic E-state index is 16.7. The van der Waals surface area contributed by atoms with Crippen LogP contribution in [-0.2, 0) is 0 Å². The van der Waals surface area contributed by atoms with Gasteiger partial charge in [-0.25, -0.2) is 18.7 Å². The number of nitrogens with zero attached hydrogens (tertiary/aromatic N) is 7. The van der Waals surface area contributed by atoms with E-state index in [4.69, 9.17) is 20.2 Å². The molecule has 0 spiro atoms. The van der Waals surface area contributed by atoms with Gasteiger partial charge < -0.3 is 20.1 Å². The summed E-state index contributed by atoms with van der Waals surface area (Å²) >= 11 is 0. The lowest BCUT2D eigenvalue weighted by Crippen LogP contribution is -2.39. The number of hydrogen-bond donors (Lipinski definition) is 2. The van der Waals surface area contributed by atoms with Crippen LogP contribution in [0.5, 0.6) is 11.9 Å². The number of allylic oxidation sites excluding steroid dienone is 1. The fraction of sp³-hybridized carbons (Fsp3) is 0.514. The summed E-state index contributed by atoms with van der Waals surface area (Å²) in [6.45, 7) is 10.1. The highest BCUT2D eigenvalue weighted by Gasteiger charge is 2.37. The van der Waals surface area contributed by atoms with Gasteiger partial charge in [-0.3, -0.25) is 10.00 Å². The van der Waals surface area contributed by atoms with E-state index in [1.165, 1.54) is 20.0 Å². The SMILES string of the molecule is COc1nc2c3c(nc(/C(=C(/C)C4CC4)c4cn[nH]c4C)c(F)c3n1)OC[C@H](C)N2C(C)c1cccnc1N.FC1CC2CCCN2C1. The zero-order valence-corrected chi connectivity index (χ0v) is 28.1. The lowest BCUT2D eigenvalue weighted by atomic mass is 9.94. The molecule has 4 aliphatic rings. The van der Waals surface area contributed by atoms with Crippen molar-refractivity contribution in [3.8, 4) is 11.9 Å². The first-order chi connectivity index (χ1) is 23.2. The number of fused-ring (bicyclic) bond motifs is 1. The minimum atomic E-state index is -0.557. The summed E-state index contributed by atoms with van der Waals surface area (Å²) in [5, 5.41) is 7.57. The Kier molecular flexibility index (Phi) is 8.65. The normalized spacial score (nSPS) is 23.1. The number of alkyl halides is 1. The van der Waals surface area contributed by atoms with Gasteiger partial charge in [0.15, 0.2) is 5.82 Å². The van der Waals surface area contributed by atoms with Gasteiger partial charge in [0, 0.05) is 41.2 Å². The number of nitrogens with two attached hydrogens (primary N) is 1. The van der Waals surface area contributed by atoms with Crippen molar-refractivity contribution >= 4 is 28.1 Å². The molecule has 0 aromatic carbocycles. The number of ether oxygens (including phenoxy) is 2. The van der Waals surface area contributed by atoms with E-state index in [9.17, 15) is 4.39 Å². The molecule has 0 radical (unpaired) electrons. The molecule has 1 aliphatic carbocycles. The average Bonchev–Trinajstić information content (AvgIpc) is 3.61. The predicted octanol–water partition coefficient (Wildman–Crippen LogP) is 5.95. The maximum Gasteiger partial charge on any atom is 0.318 e. The van der Waals surface area contributed by atoms with E-state index in [2.05, 4.69) is 30.0 Å². The van der Waals surface area contributed by atoms with Crippen molar-refractivity contribution < 1.29 is 18.3 Å². The molecule has 254 valence electrons. The van der Waals surface area contributed by atoms with Gasteiger partial charge in [-0.2, -0.15) is 15.1 Å². The molecule has 3 aliphatic heterocycles. The van der Waals surface area contributed by atoms with Crippen LogP contribution in [0.4, 0.5) is 20.4 Å². The number of pyridine rings is 2. The second kappa shape index (κ2) is 12.9. The second-order valence-electron chi connectivity index (χ2n) is 13.4. The van der Waals surface area contributed by atoms with Crippen LogP contribution in [0.15, 0.2) is 30.1 Å². The molecule has 13 heteroatoms. The highest BCUT2D eigenvalue weighted by molar-refractivity contribution is 5.98. The van der Waals surface area contributed by atoms with Gasteiger partial charge in [-0.15, -0.1) is 0 Å². The Morgan fingerprint density at radius 1 is 1.21 bits per heavy atom. The van der Waals surface area contributed by atoms with Gasteiger partial charge in [0.25, 0.3) is 0 Å². The average molecular weight is 660 g/mol. The van der Waals surface area contributed by atoms with Gasteiger partial charge in [0.1, 0.15) is 41.0 Å². The quantitative estimate of drug-likeness (QED) is 0.256. The highest BCUT2D eigenvalue weighted by Crippen LogP contribution is 2.46. The second-order valence-corrected chi connectivity index (χ2v) is 13.4. The monoisotopic (exact) mass is 659 g/mol. The smallest absolute Gasteiger partial charge is 0.318 e. The summed E-state index contributed by atoms with van der Waals surface area (Å²) in [6.07, 6.45) is 8.31. The van der Waals surface area contributed by atoms with Gasteiger partial charge in [-0.05, 0) is 78.3 Å². The van der Waals surface area contributed by atoms with Crippen LogP contribution < -0.4 is 20.1 Å². The molecule has 48 heavy (non-hydrogen) atoms. The van der Waals surface area contributed by atoms with Gasteiger partial charge in [-0.1, -0.05) is 11.6 Å². The molecule has 8 rings (SSSR count). The van der Waals surface area contributed by atoms with E-state index in [0.717, 1.165) is 48.2 Å². The van der Waals surface area contributed by atoms with Gasteiger partial charge in [0.05, 0.1) is 25.4 Å². The zero-order chi connectivity index (χ0) is 33.7. The maximum absolute atomic E-state index is 16.7. The number of aromatic amines is 1. The number of hydrogen-bond acceptors (Lipinski definition) is 10. The van der Waals surface area contributed by atoms with E-state index in [0.29, 0.717) is 47.7 Å². The molecule has 7 heterocycles. The number of aromatic nitrogens is 6. The Labute approximate surface area is 279 Å². The van der Waals surface area contributed by atoms with E-state index in [1.807, 2.05) is 44.7 Å². The predicted molar refractivity (Wildman–Crippen MR) is 180 cm³/mol. The number of H-pyrrole nitrogens is 1. The Morgan fingerprint density at radius 3 is 2.71 bits per heavy atom. The molecule has 4 atom stereocenters. The van der Waals surface area contributed by atoms with E-state index >= 15 is 4.39 Å². The van der Waals surface area contributed by atoms with Gasteiger partial charge in [0.2, 0.25) is 5.88 Å². The van der Waals surface area contributed by atoms with Crippen molar-refractivity contribution in [2.45, 2.75) is 84.1 Å². The Hall–Kier alpha value is -4.39. The van der Waals surface area contributed by atoms with Crippen LogP contribution in [-0.4, -0.2) is 80.1 Å². The van der Waals surface area contributed by atoms with Crippen molar-refractivity contribution in [3.63, 3.8) is 0 Å². The number of aryl methyl sites for hydroxylation is 1. The third-order valence-corrected chi connectivity index (χ3v) is 10.2. The molecule has 0 amide bonds. The minimum Gasteiger partial charge on any atom is -0.475 e. The van der Waals surface area contributed by atoms with E-state index in [1.54, 1.807) is 12.4 Å². The molecule has 3 N–H and O–H groups in total. The van der Waals surface area contributed by atoms with Gasteiger partial charge >= 0.3 is 6.01 Å². The van der Waals surface area contributed by atoms with Crippen LogP contribution >= 0.6 is 0 Å². The van der Waals surface area contributed by atoms with Crippen molar-refractivity contribution in [1.82, 2.24) is 35.0 Å². The van der Waals surface area contributed by atoms with Crippen LogP contribution in [0.2, 0.25) is 0 Å². The molecule has 0 bridgehead atoms. The summed E-state index contributed by atoms with van der Waals surface area (Å²) in [5.74, 6) is 0.984. The topological polar surface area (TPSA) is 131 Å². The Morgan fingerprint density at radius 2 is 2.02 bits per heavy atom. The fourth-order valence-corrected chi connectivity index (χ4v) is 7.52. The van der Waals surface area contributed by atoms with Crippen LogP contribution in [0, 0.1) is 18.7 Å². The summed E-state index contributed by atoms with van der Waals surface area (Å²) in [4.78, 5) is 22.6. The van der Waals surface area contributed by atoms with E-state index in [-0.39, 0.29) is 35.2 Å². The molecule has 1 saturated carbocycles. The molecular weight excluding hydrogens is 616 g/mol. The summed E-state index contributed by atoms with van der Waals surface area (Å²) in [7, 11) is 1.47. The molecule has 11 nitrogen and oxygen atoms in total. The molecular formula is C35H43F2N9O2. The molecule has 4 aromatic rings. The number of rotatable bonds is 6. The first-order valence-electron chi connectivity index (χ1n) is 16.8. The number of anilines is 2. The molecule has 2 saturated heterocycles. The number of methoxy groups -OCH3 is 1. The minimum absolute atomic E-state index is 0.0499. The summed E-state index contributed by atoms with van der Waals surface area (Å²) in [5.41, 5.74) is 10.8. The number of nitrogen functional groups attached to an aromatic ring is 1. The third-order valence-electron chi connectivity index (χ3n) is 10.2. The Balaban J connectivity index is 0.000000347. The van der Waals surface area contributed by atoms with E-state index < -0.39 is 12.0 Å². The van der Waals surface area contributed by atoms with Crippen molar-refractivity contribution in [3.05, 3.63) is 58.4 Å². The lowest BCUT2D eigenvalue weighted by molar-refractivity contribution is 0.281. The Bertz CT molecular complexity index is 1850. The van der Waals surface area contributed by atoms with Crippen molar-refractivity contribution in [2.75, 3.05) is 37.4 Å². The van der Waals surface area contributed by atoms with Crippen LogP contribution in [0.1, 0.15) is 81.4 Å². The summed E-state index contributed by atoms with van der Waals surface area (Å²) in [6, 6.07) is 4.01. The third kappa shape index (κ3) is 5.82. The first-order valence-corrected chi connectivity index (χ1v) is 16.8. The zero-order valence-electron chi connectivity index (χ0n) is 28.1. The largest absolute Gasteiger partial charge is 0.475 e. The fourth-order valence-electron chi connectivity index (χ4n) is 7.52.